The van der Waals surface area contributed by atoms with E-state index in [-0.39, 0.29) is 35.2 Å². The van der Waals surface area contributed by atoms with Crippen molar-refractivity contribution in [2.75, 3.05) is 17.5 Å². The average Bonchev–Trinajstić information content (AvgIpc) is 2.86. The van der Waals surface area contributed by atoms with Crippen molar-refractivity contribution >= 4 is 21.5 Å². The van der Waals surface area contributed by atoms with E-state index < -0.39 is 27.2 Å². The summed E-state index contributed by atoms with van der Waals surface area (Å²) in [6, 6.07) is 14.3. The number of alkyl halides is 3. The number of rotatable bonds is 6. The van der Waals surface area contributed by atoms with Gasteiger partial charge >= 0.3 is 6.18 Å². The number of fused-ring (bicyclic) bond motifs is 1. The van der Waals surface area contributed by atoms with Crippen molar-refractivity contribution < 1.29 is 31.5 Å². The Labute approximate surface area is 219 Å². The SMILES string of the molecule is CCOc1cc(S(=O)(=O)N2CC(C)(C)Cc3cc(-c4ccc(C(F)(F)F)cc4)ccc32)ccc1/C(N)=N/O. The van der Waals surface area contributed by atoms with Crippen molar-refractivity contribution in [3.63, 3.8) is 0 Å². The molecule has 202 valence electrons. The highest BCUT2D eigenvalue weighted by atomic mass is 32.2. The van der Waals surface area contributed by atoms with Crippen LogP contribution in [0.3, 0.4) is 0 Å². The van der Waals surface area contributed by atoms with Crippen molar-refractivity contribution in [2.45, 2.75) is 38.3 Å². The first kappa shape index (κ1) is 27.3. The maximum atomic E-state index is 13.9. The second kappa shape index (κ2) is 9.86. The normalized spacial score (nSPS) is 15.7. The molecule has 0 fully saturated rings. The third kappa shape index (κ3) is 5.28. The molecule has 4 rings (SSSR count). The van der Waals surface area contributed by atoms with Crippen LogP contribution < -0.4 is 14.8 Å². The Kier molecular flexibility index (Phi) is 7.09. The summed E-state index contributed by atoms with van der Waals surface area (Å²) in [5.41, 5.74) is 7.37. The van der Waals surface area contributed by atoms with Crippen LogP contribution in [0.2, 0.25) is 0 Å². The monoisotopic (exact) mass is 547 g/mol. The Morgan fingerprint density at radius 1 is 1.08 bits per heavy atom. The molecule has 0 bridgehead atoms. The molecule has 0 spiro atoms. The van der Waals surface area contributed by atoms with Crippen LogP contribution in [0.5, 0.6) is 5.75 Å². The van der Waals surface area contributed by atoms with Crippen LogP contribution in [0.15, 0.2) is 70.7 Å². The first-order chi connectivity index (χ1) is 17.8. The zero-order valence-electron chi connectivity index (χ0n) is 21.1. The minimum Gasteiger partial charge on any atom is -0.493 e. The number of amidine groups is 1. The molecule has 0 aliphatic carbocycles. The van der Waals surface area contributed by atoms with E-state index in [1.54, 1.807) is 19.1 Å². The average molecular weight is 548 g/mol. The van der Waals surface area contributed by atoms with Crippen molar-refractivity contribution in [2.24, 2.45) is 16.3 Å². The Hall–Kier alpha value is -3.73. The minimum atomic E-state index is -4.43. The summed E-state index contributed by atoms with van der Waals surface area (Å²) in [4.78, 5) is -0.0223. The molecule has 1 heterocycles. The molecule has 0 saturated heterocycles. The number of ether oxygens (including phenoxy) is 1. The van der Waals surface area contributed by atoms with Gasteiger partial charge in [-0.15, -0.1) is 0 Å². The quantitative estimate of drug-likeness (QED) is 0.180. The Morgan fingerprint density at radius 2 is 1.74 bits per heavy atom. The molecule has 11 heteroatoms. The lowest BCUT2D eigenvalue weighted by Gasteiger charge is -2.40. The van der Waals surface area contributed by atoms with Crippen LogP contribution >= 0.6 is 0 Å². The largest absolute Gasteiger partial charge is 0.493 e. The standard InChI is InChI=1S/C27H28F3N3O4S/c1-4-37-24-14-21(10-11-22(24)25(31)32-34)38(35,36)33-16-26(2,3)15-19-13-18(7-12-23(19)33)17-5-8-20(9-6-17)27(28,29)30/h5-14,34H,4,15-16H2,1-3H3,(H2,31,32). The van der Waals surface area contributed by atoms with Gasteiger partial charge < -0.3 is 15.7 Å². The summed E-state index contributed by atoms with van der Waals surface area (Å²) in [6.45, 7) is 6.09. The molecule has 1 aliphatic heterocycles. The number of sulfonamides is 1. The first-order valence-electron chi connectivity index (χ1n) is 11.8. The molecule has 0 saturated carbocycles. The van der Waals surface area contributed by atoms with Crippen LogP contribution in [0, 0.1) is 5.41 Å². The van der Waals surface area contributed by atoms with Gasteiger partial charge in [-0.25, -0.2) is 8.42 Å². The smallest absolute Gasteiger partial charge is 0.416 e. The Balaban J connectivity index is 1.76. The number of hydrogen-bond acceptors (Lipinski definition) is 5. The zero-order valence-corrected chi connectivity index (χ0v) is 21.9. The molecule has 0 amide bonds. The van der Waals surface area contributed by atoms with Crippen LogP contribution in [0.4, 0.5) is 18.9 Å². The fourth-order valence-electron chi connectivity index (χ4n) is 4.59. The van der Waals surface area contributed by atoms with Gasteiger partial charge in [-0.2, -0.15) is 13.2 Å². The van der Waals surface area contributed by atoms with Gasteiger partial charge in [-0.1, -0.05) is 37.2 Å². The van der Waals surface area contributed by atoms with Crippen molar-refractivity contribution in [1.29, 1.82) is 0 Å². The second-order valence-electron chi connectivity index (χ2n) is 9.85. The van der Waals surface area contributed by atoms with Gasteiger partial charge in [0.15, 0.2) is 5.84 Å². The number of halogens is 3. The predicted molar refractivity (Wildman–Crippen MR) is 139 cm³/mol. The van der Waals surface area contributed by atoms with Gasteiger partial charge in [-0.05, 0) is 71.8 Å². The van der Waals surface area contributed by atoms with Crippen LogP contribution in [0.1, 0.15) is 37.5 Å². The molecular formula is C27H28F3N3O4S. The molecule has 7 nitrogen and oxygen atoms in total. The highest BCUT2D eigenvalue weighted by Crippen LogP contribution is 2.42. The van der Waals surface area contributed by atoms with Gasteiger partial charge in [0, 0.05) is 12.6 Å². The topological polar surface area (TPSA) is 105 Å². The van der Waals surface area contributed by atoms with E-state index in [2.05, 4.69) is 5.16 Å². The lowest BCUT2D eigenvalue weighted by atomic mass is 9.81. The number of anilines is 1. The number of hydrogen-bond donors (Lipinski definition) is 2. The van der Waals surface area contributed by atoms with Crippen molar-refractivity contribution in [3.8, 4) is 16.9 Å². The molecule has 3 N–H and O–H groups in total. The molecule has 0 atom stereocenters. The summed E-state index contributed by atoms with van der Waals surface area (Å²) >= 11 is 0. The molecule has 38 heavy (non-hydrogen) atoms. The number of nitrogens with zero attached hydrogens (tertiary/aromatic N) is 2. The van der Waals surface area contributed by atoms with E-state index in [9.17, 15) is 21.6 Å². The summed E-state index contributed by atoms with van der Waals surface area (Å²) in [7, 11) is -4.05. The highest BCUT2D eigenvalue weighted by Gasteiger charge is 2.38. The summed E-state index contributed by atoms with van der Waals surface area (Å²) in [5.74, 6) is -0.0457. The Bertz CT molecular complexity index is 1480. The summed E-state index contributed by atoms with van der Waals surface area (Å²) in [6.07, 6.45) is -3.85. The van der Waals surface area contributed by atoms with Gasteiger partial charge in [0.2, 0.25) is 0 Å². The number of nitrogens with two attached hydrogens (primary N) is 1. The lowest BCUT2D eigenvalue weighted by Crippen LogP contribution is -2.44. The summed E-state index contributed by atoms with van der Waals surface area (Å²) in [5, 5.41) is 12.0. The van der Waals surface area contributed by atoms with Gasteiger partial charge in [0.05, 0.1) is 28.3 Å². The first-order valence-corrected chi connectivity index (χ1v) is 13.3. The van der Waals surface area contributed by atoms with Crippen LogP contribution in [0.25, 0.3) is 11.1 Å². The fraction of sp³-hybridized carbons (Fsp3) is 0.296. The van der Waals surface area contributed by atoms with E-state index in [1.165, 1.54) is 34.6 Å². The molecular weight excluding hydrogens is 519 g/mol. The molecule has 0 unspecified atom stereocenters. The van der Waals surface area contributed by atoms with Gasteiger partial charge in [0.1, 0.15) is 5.75 Å². The summed E-state index contributed by atoms with van der Waals surface area (Å²) < 4.78 is 73.6. The highest BCUT2D eigenvalue weighted by molar-refractivity contribution is 7.92. The predicted octanol–water partition coefficient (Wildman–Crippen LogP) is 5.64. The lowest BCUT2D eigenvalue weighted by molar-refractivity contribution is -0.137. The van der Waals surface area contributed by atoms with E-state index in [4.69, 9.17) is 15.7 Å². The van der Waals surface area contributed by atoms with E-state index in [0.29, 0.717) is 23.2 Å². The number of oxime groups is 1. The molecule has 0 aromatic heterocycles. The minimum absolute atomic E-state index is 0.0223. The molecule has 1 aliphatic rings. The van der Waals surface area contributed by atoms with Gasteiger partial charge in [-0.3, -0.25) is 4.31 Å². The third-order valence-corrected chi connectivity index (χ3v) is 8.11. The van der Waals surface area contributed by atoms with E-state index in [1.807, 2.05) is 19.9 Å². The maximum Gasteiger partial charge on any atom is 0.416 e. The fourth-order valence-corrected chi connectivity index (χ4v) is 6.30. The molecule has 0 radical (unpaired) electrons. The van der Waals surface area contributed by atoms with Crippen molar-refractivity contribution in [3.05, 3.63) is 77.4 Å². The zero-order chi connectivity index (χ0) is 27.9. The maximum absolute atomic E-state index is 13.9. The molecule has 3 aromatic rings. The van der Waals surface area contributed by atoms with Gasteiger partial charge in [0.25, 0.3) is 10.0 Å². The number of benzene rings is 3. The van der Waals surface area contributed by atoms with Crippen LogP contribution in [-0.4, -0.2) is 32.6 Å². The Morgan fingerprint density at radius 3 is 2.34 bits per heavy atom. The van der Waals surface area contributed by atoms with E-state index in [0.717, 1.165) is 17.7 Å². The van der Waals surface area contributed by atoms with Crippen molar-refractivity contribution in [1.82, 2.24) is 0 Å². The van der Waals surface area contributed by atoms with Crippen LogP contribution in [-0.2, 0) is 22.6 Å². The third-order valence-electron chi connectivity index (χ3n) is 6.36. The molecule has 3 aromatic carbocycles. The second-order valence-corrected chi connectivity index (χ2v) is 11.7. The van der Waals surface area contributed by atoms with E-state index >= 15 is 0 Å².